The molecule has 2 rings (SSSR count). The zero-order valence-corrected chi connectivity index (χ0v) is 11.8. The van der Waals surface area contributed by atoms with Gasteiger partial charge in [-0.15, -0.1) is 0 Å². The summed E-state index contributed by atoms with van der Waals surface area (Å²) in [5, 5.41) is 11.2. The number of hydrogen-bond donors (Lipinski definition) is 2. The molecule has 0 aliphatic heterocycles. The van der Waals surface area contributed by atoms with Gasteiger partial charge in [0.15, 0.2) is 5.13 Å². The molecule has 84 valence electrons. The molecule has 0 saturated carbocycles. The predicted molar refractivity (Wildman–Crippen MR) is 71.9 cm³/mol. The van der Waals surface area contributed by atoms with Gasteiger partial charge in [-0.2, -0.15) is 0 Å². The zero-order valence-electron chi connectivity index (χ0n) is 7.78. The molecule has 1 heterocycles. The highest BCUT2D eigenvalue weighted by Crippen LogP contribution is 2.37. The van der Waals surface area contributed by atoms with Gasteiger partial charge in [0.25, 0.3) is 0 Å². The summed E-state index contributed by atoms with van der Waals surface area (Å²) >= 11 is 8.13. The standard InChI is InChI=1S/C9H6Br2N2O2S/c10-7(11)4-2-1-3-5-6(4)12-8(16-5)13-9(14)15/h1-3,7H,(H,12,13)(H,14,15). The van der Waals surface area contributed by atoms with E-state index in [2.05, 4.69) is 42.2 Å². The van der Waals surface area contributed by atoms with Crippen molar-refractivity contribution in [3.8, 4) is 0 Å². The van der Waals surface area contributed by atoms with Gasteiger partial charge in [0, 0.05) is 5.56 Å². The van der Waals surface area contributed by atoms with Crippen LogP contribution in [0.1, 0.15) is 9.30 Å². The second-order valence-corrected chi connectivity index (χ2v) is 7.03. The van der Waals surface area contributed by atoms with Crippen molar-refractivity contribution in [1.29, 1.82) is 0 Å². The summed E-state index contributed by atoms with van der Waals surface area (Å²) < 4.78 is 0.952. The van der Waals surface area contributed by atoms with Crippen molar-refractivity contribution in [3.63, 3.8) is 0 Å². The zero-order chi connectivity index (χ0) is 11.7. The van der Waals surface area contributed by atoms with E-state index in [1.807, 2.05) is 18.2 Å². The highest BCUT2D eigenvalue weighted by atomic mass is 79.9. The summed E-state index contributed by atoms with van der Waals surface area (Å²) in [6.07, 6.45) is -1.10. The first-order valence-corrected chi connectivity index (χ1v) is 6.90. The quantitative estimate of drug-likeness (QED) is 0.785. The van der Waals surface area contributed by atoms with Gasteiger partial charge >= 0.3 is 6.09 Å². The minimum absolute atomic E-state index is 0.00322. The third-order valence-electron chi connectivity index (χ3n) is 1.90. The van der Waals surface area contributed by atoms with Crippen LogP contribution in [0.2, 0.25) is 0 Å². The van der Waals surface area contributed by atoms with Crippen LogP contribution < -0.4 is 5.32 Å². The molecule has 0 bridgehead atoms. The molecule has 0 aliphatic carbocycles. The fourth-order valence-electron chi connectivity index (χ4n) is 1.29. The van der Waals surface area contributed by atoms with E-state index in [0.29, 0.717) is 5.13 Å². The van der Waals surface area contributed by atoms with E-state index in [1.54, 1.807) is 0 Å². The molecule has 1 amide bonds. The first-order chi connectivity index (χ1) is 7.58. The van der Waals surface area contributed by atoms with Gasteiger partial charge in [0.2, 0.25) is 0 Å². The Morgan fingerprint density at radius 3 is 2.88 bits per heavy atom. The second kappa shape index (κ2) is 4.68. The Morgan fingerprint density at radius 2 is 2.25 bits per heavy atom. The van der Waals surface area contributed by atoms with E-state index >= 15 is 0 Å². The molecular formula is C9H6Br2N2O2S. The lowest BCUT2D eigenvalue weighted by atomic mass is 10.2. The lowest BCUT2D eigenvalue weighted by Crippen LogP contribution is -2.06. The van der Waals surface area contributed by atoms with Crippen molar-refractivity contribution in [1.82, 2.24) is 4.98 Å². The molecule has 4 nitrogen and oxygen atoms in total. The van der Waals surface area contributed by atoms with Crippen LogP contribution in [0.3, 0.4) is 0 Å². The SMILES string of the molecule is O=C(O)Nc1nc2c(C(Br)Br)cccc2s1. The Morgan fingerprint density at radius 1 is 1.50 bits per heavy atom. The van der Waals surface area contributed by atoms with Crippen LogP contribution in [0, 0.1) is 0 Å². The van der Waals surface area contributed by atoms with Crippen LogP contribution in [0.5, 0.6) is 0 Å². The Labute approximate surface area is 112 Å². The van der Waals surface area contributed by atoms with Crippen LogP contribution in [0.25, 0.3) is 10.2 Å². The molecule has 16 heavy (non-hydrogen) atoms. The van der Waals surface area contributed by atoms with E-state index in [4.69, 9.17) is 5.11 Å². The summed E-state index contributed by atoms with van der Waals surface area (Å²) in [6, 6.07) is 5.75. The molecule has 7 heteroatoms. The third kappa shape index (κ3) is 2.36. The molecule has 2 N–H and O–H groups in total. The molecule has 1 aromatic heterocycles. The summed E-state index contributed by atoms with van der Waals surface area (Å²) in [4.78, 5) is 14.7. The van der Waals surface area contributed by atoms with E-state index in [1.165, 1.54) is 11.3 Å². The maximum Gasteiger partial charge on any atom is 0.410 e. The molecular weight excluding hydrogens is 360 g/mol. The van der Waals surface area contributed by atoms with Crippen molar-refractivity contribution in [2.75, 3.05) is 5.32 Å². The summed E-state index contributed by atoms with van der Waals surface area (Å²) in [5.74, 6) is 0. The summed E-state index contributed by atoms with van der Waals surface area (Å²) in [6.45, 7) is 0. The van der Waals surface area contributed by atoms with Crippen LogP contribution in [-0.4, -0.2) is 16.2 Å². The molecule has 0 spiro atoms. The number of para-hydroxylation sites is 1. The van der Waals surface area contributed by atoms with Crippen molar-refractivity contribution in [3.05, 3.63) is 23.8 Å². The summed E-state index contributed by atoms with van der Waals surface area (Å²) in [7, 11) is 0. The average Bonchev–Trinajstić information content (AvgIpc) is 2.57. The highest BCUT2D eigenvalue weighted by molar-refractivity contribution is 9.24. The van der Waals surface area contributed by atoms with Gasteiger partial charge < -0.3 is 5.11 Å². The number of carboxylic acid groups (broad SMARTS) is 1. The lowest BCUT2D eigenvalue weighted by Gasteiger charge is -2.01. The van der Waals surface area contributed by atoms with Crippen LogP contribution in [0.15, 0.2) is 18.2 Å². The topological polar surface area (TPSA) is 62.2 Å². The number of anilines is 1. The van der Waals surface area contributed by atoms with Crippen molar-refractivity contribution in [2.24, 2.45) is 0 Å². The Kier molecular flexibility index (Phi) is 3.46. The third-order valence-corrected chi connectivity index (χ3v) is 3.82. The summed E-state index contributed by atoms with van der Waals surface area (Å²) in [5.41, 5.74) is 1.78. The largest absolute Gasteiger partial charge is 0.465 e. The van der Waals surface area contributed by atoms with E-state index < -0.39 is 6.09 Å². The number of rotatable bonds is 2. The van der Waals surface area contributed by atoms with Gasteiger partial charge in [0.05, 0.1) is 14.0 Å². The van der Waals surface area contributed by atoms with Gasteiger partial charge in [-0.3, -0.25) is 5.32 Å². The molecule has 0 radical (unpaired) electrons. The first kappa shape index (κ1) is 11.8. The molecule has 2 aromatic rings. The normalized spacial score (nSPS) is 10.9. The Balaban J connectivity index is 2.52. The van der Waals surface area contributed by atoms with E-state index in [-0.39, 0.29) is 3.74 Å². The molecule has 0 unspecified atom stereocenters. The minimum atomic E-state index is -1.10. The number of aromatic nitrogens is 1. The number of halogens is 2. The fraction of sp³-hybridized carbons (Fsp3) is 0.111. The molecule has 0 atom stereocenters. The maximum absolute atomic E-state index is 10.5. The highest BCUT2D eigenvalue weighted by Gasteiger charge is 2.12. The molecule has 0 fully saturated rings. The lowest BCUT2D eigenvalue weighted by molar-refractivity contribution is 0.210. The fourth-order valence-corrected chi connectivity index (χ4v) is 2.92. The Bertz CT molecular complexity index is 541. The molecule has 0 saturated heterocycles. The first-order valence-electron chi connectivity index (χ1n) is 4.25. The Hall–Kier alpha value is -0.660. The number of fused-ring (bicyclic) bond motifs is 1. The second-order valence-electron chi connectivity index (χ2n) is 2.94. The number of nitrogens with one attached hydrogen (secondary N) is 1. The van der Waals surface area contributed by atoms with Crippen LogP contribution in [0.4, 0.5) is 9.93 Å². The molecule has 1 aromatic carbocycles. The average molecular weight is 366 g/mol. The monoisotopic (exact) mass is 364 g/mol. The molecule has 0 aliphatic rings. The van der Waals surface area contributed by atoms with Crippen molar-refractivity contribution in [2.45, 2.75) is 3.74 Å². The number of carbonyl (C=O) groups is 1. The number of thiazole rings is 1. The van der Waals surface area contributed by atoms with Gasteiger partial charge in [-0.1, -0.05) is 55.3 Å². The van der Waals surface area contributed by atoms with E-state index in [9.17, 15) is 4.79 Å². The number of benzene rings is 1. The number of nitrogens with zero attached hydrogens (tertiary/aromatic N) is 1. The minimum Gasteiger partial charge on any atom is -0.465 e. The van der Waals surface area contributed by atoms with Crippen molar-refractivity contribution < 1.29 is 9.90 Å². The predicted octanol–water partition coefficient (Wildman–Crippen LogP) is 4.17. The number of amides is 1. The van der Waals surface area contributed by atoms with E-state index in [0.717, 1.165) is 15.8 Å². The maximum atomic E-state index is 10.5. The van der Waals surface area contributed by atoms with Crippen molar-refractivity contribution >= 4 is 64.6 Å². The van der Waals surface area contributed by atoms with Gasteiger partial charge in [-0.05, 0) is 6.07 Å². The number of alkyl halides is 2. The van der Waals surface area contributed by atoms with Gasteiger partial charge in [-0.25, -0.2) is 9.78 Å². The van der Waals surface area contributed by atoms with Crippen LogP contribution in [-0.2, 0) is 0 Å². The van der Waals surface area contributed by atoms with Crippen LogP contribution >= 0.6 is 43.2 Å². The van der Waals surface area contributed by atoms with Gasteiger partial charge in [0.1, 0.15) is 0 Å². The smallest absolute Gasteiger partial charge is 0.410 e. The number of hydrogen-bond acceptors (Lipinski definition) is 3.